The molecule has 2 aliphatic heterocycles. The molecule has 7 heteroatoms. The number of ether oxygens (including phenoxy) is 1. The van der Waals surface area contributed by atoms with E-state index in [1.54, 1.807) is 22.7 Å². The van der Waals surface area contributed by atoms with Crippen LogP contribution in [0.15, 0.2) is 12.1 Å². The molecule has 2 aliphatic rings. The summed E-state index contributed by atoms with van der Waals surface area (Å²) in [6.45, 7) is 1.47. The number of carbonyl (C=O) groups excluding carboxylic acids is 2. The lowest BCUT2D eigenvalue weighted by molar-refractivity contribution is -0.116. The molecule has 0 bridgehead atoms. The lowest BCUT2D eigenvalue weighted by atomic mass is 10.1. The summed E-state index contributed by atoms with van der Waals surface area (Å²) in [7, 11) is 0. The number of thioether (sulfide) groups is 1. The smallest absolute Gasteiger partial charge is 0.267 e. The Balaban J connectivity index is 1.61. The standard InChI is InChI=1S/C17H23N3O3S/c18-16(22)14-7-6-12-4-3-8-20(17(12)19-14)15(21)11-24-10-13-5-1-2-9-23-13/h6-7,13H,1-5,8-11H2,(H2,18,22). The number of rotatable bonds is 5. The maximum Gasteiger partial charge on any atom is 0.267 e. The fraction of sp³-hybridized carbons (Fsp3) is 0.588. The number of aryl methyl sites for hydroxylation is 1. The van der Waals surface area contributed by atoms with Gasteiger partial charge in [0.2, 0.25) is 5.91 Å². The Labute approximate surface area is 146 Å². The van der Waals surface area contributed by atoms with Crippen molar-refractivity contribution in [2.75, 3.05) is 29.6 Å². The zero-order valence-electron chi connectivity index (χ0n) is 13.7. The molecule has 0 radical (unpaired) electrons. The first-order chi connectivity index (χ1) is 11.6. The second-order valence-corrected chi connectivity index (χ2v) is 7.23. The van der Waals surface area contributed by atoms with Gasteiger partial charge in [0.25, 0.3) is 5.91 Å². The number of hydrogen-bond acceptors (Lipinski definition) is 5. The van der Waals surface area contributed by atoms with E-state index in [2.05, 4.69) is 4.98 Å². The number of primary amides is 1. The van der Waals surface area contributed by atoms with Crippen LogP contribution >= 0.6 is 11.8 Å². The zero-order valence-corrected chi connectivity index (χ0v) is 14.5. The molecule has 1 fully saturated rings. The van der Waals surface area contributed by atoms with Crippen molar-refractivity contribution in [2.45, 2.75) is 38.2 Å². The largest absolute Gasteiger partial charge is 0.377 e. The Morgan fingerprint density at radius 2 is 2.21 bits per heavy atom. The van der Waals surface area contributed by atoms with Crippen molar-refractivity contribution in [3.63, 3.8) is 0 Å². The number of fused-ring (bicyclic) bond motifs is 1. The molecule has 1 saturated heterocycles. The Morgan fingerprint density at radius 3 is 2.96 bits per heavy atom. The molecule has 24 heavy (non-hydrogen) atoms. The highest BCUT2D eigenvalue weighted by Gasteiger charge is 2.25. The summed E-state index contributed by atoms with van der Waals surface area (Å²) < 4.78 is 5.69. The molecule has 0 saturated carbocycles. The highest BCUT2D eigenvalue weighted by atomic mass is 32.2. The van der Waals surface area contributed by atoms with Gasteiger partial charge in [-0.1, -0.05) is 6.07 Å². The number of nitrogens with zero attached hydrogens (tertiary/aromatic N) is 2. The number of hydrogen-bond donors (Lipinski definition) is 1. The van der Waals surface area contributed by atoms with Gasteiger partial charge in [0, 0.05) is 18.9 Å². The lowest BCUT2D eigenvalue weighted by Crippen LogP contribution is -2.38. The van der Waals surface area contributed by atoms with Crippen molar-refractivity contribution in [1.29, 1.82) is 0 Å². The quantitative estimate of drug-likeness (QED) is 0.875. The van der Waals surface area contributed by atoms with Crippen molar-refractivity contribution >= 4 is 29.4 Å². The van der Waals surface area contributed by atoms with E-state index < -0.39 is 5.91 Å². The first-order valence-electron chi connectivity index (χ1n) is 8.44. The van der Waals surface area contributed by atoms with Crippen molar-refractivity contribution in [2.24, 2.45) is 5.73 Å². The summed E-state index contributed by atoms with van der Waals surface area (Å²) in [5.41, 5.74) is 6.51. The van der Waals surface area contributed by atoms with Gasteiger partial charge in [-0.2, -0.15) is 0 Å². The fourth-order valence-corrected chi connectivity index (χ4v) is 4.09. The van der Waals surface area contributed by atoms with Gasteiger partial charge in [-0.15, -0.1) is 11.8 Å². The second-order valence-electron chi connectivity index (χ2n) is 6.20. The van der Waals surface area contributed by atoms with Crippen LogP contribution in [0.2, 0.25) is 0 Å². The van der Waals surface area contributed by atoms with Gasteiger partial charge in [0.05, 0.1) is 11.9 Å². The molecular weight excluding hydrogens is 326 g/mol. The van der Waals surface area contributed by atoms with Crippen LogP contribution in [0.5, 0.6) is 0 Å². The molecule has 0 aromatic carbocycles. The van der Waals surface area contributed by atoms with E-state index in [0.717, 1.165) is 43.6 Å². The fourth-order valence-electron chi connectivity index (χ4n) is 3.11. The number of carbonyl (C=O) groups is 2. The molecular formula is C17H23N3O3S. The number of amides is 2. The maximum atomic E-state index is 12.6. The Hall–Kier alpha value is -1.60. The zero-order chi connectivity index (χ0) is 16.9. The van der Waals surface area contributed by atoms with Gasteiger partial charge < -0.3 is 10.5 Å². The molecule has 2 N–H and O–H groups in total. The summed E-state index contributed by atoms with van der Waals surface area (Å²) in [6.07, 6.45) is 5.47. The predicted molar refractivity (Wildman–Crippen MR) is 94.3 cm³/mol. The molecule has 130 valence electrons. The minimum Gasteiger partial charge on any atom is -0.377 e. The lowest BCUT2D eigenvalue weighted by Gasteiger charge is -2.29. The van der Waals surface area contributed by atoms with Crippen molar-refractivity contribution in [3.05, 3.63) is 23.4 Å². The molecule has 0 spiro atoms. The summed E-state index contributed by atoms with van der Waals surface area (Å²) in [5.74, 6) is 1.31. The summed E-state index contributed by atoms with van der Waals surface area (Å²) in [4.78, 5) is 29.9. The SMILES string of the molecule is NC(=O)c1ccc2c(n1)N(C(=O)CSCC1CCCCO1)CCC2. The summed E-state index contributed by atoms with van der Waals surface area (Å²) in [6, 6.07) is 3.48. The van der Waals surface area contributed by atoms with Gasteiger partial charge in [0.15, 0.2) is 0 Å². The van der Waals surface area contributed by atoms with E-state index in [-0.39, 0.29) is 17.7 Å². The predicted octanol–water partition coefficient (Wildman–Crippen LogP) is 1.76. The van der Waals surface area contributed by atoms with E-state index in [9.17, 15) is 9.59 Å². The van der Waals surface area contributed by atoms with E-state index in [1.807, 2.05) is 6.07 Å². The maximum absolute atomic E-state index is 12.6. The molecule has 2 amide bonds. The summed E-state index contributed by atoms with van der Waals surface area (Å²) in [5, 5.41) is 0. The van der Waals surface area contributed by atoms with E-state index >= 15 is 0 Å². The Kier molecular flexibility index (Phi) is 5.73. The van der Waals surface area contributed by atoms with Crippen LogP contribution in [0.3, 0.4) is 0 Å². The normalized spacial score (nSPS) is 20.5. The second kappa shape index (κ2) is 7.98. The first-order valence-corrected chi connectivity index (χ1v) is 9.60. The van der Waals surface area contributed by atoms with Crippen molar-refractivity contribution in [1.82, 2.24) is 4.98 Å². The molecule has 3 heterocycles. The van der Waals surface area contributed by atoms with Crippen LogP contribution in [-0.4, -0.2) is 47.6 Å². The molecule has 6 nitrogen and oxygen atoms in total. The first kappa shape index (κ1) is 17.2. The molecule has 0 aliphatic carbocycles. The number of aromatic nitrogens is 1. The van der Waals surface area contributed by atoms with Crippen LogP contribution in [-0.2, 0) is 16.0 Å². The Morgan fingerprint density at radius 1 is 1.33 bits per heavy atom. The van der Waals surface area contributed by atoms with Gasteiger partial charge in [0.1, 0.15) is 11.5 Å². The molecule has 1 aromatic heterocycles. The van der Waals surface area contributed by atoms with E-state index in [0.29, 0.717) is 18.1 Å². The number of pyridine rings is 1. The van der Waals surface area contributed by atoms with Gasteiger partial charge >= 0.3 is 0 Å². The third-order valence-electron chi connectivity index (χ3n) is 4.40. The van der Waals surface area contributed by atoms with Crippen LogP contribution in [0.25, 0.3) is 0 Å². The minimum absolute atomic E-state index is 0.0332. The van der Waals surface area contributed by atoms with Crippen LogP contribution < -0.4 is 10.6 Å². The highest BCUT2D eigenvalue weighted by molar-refractivity contribution is 8.00. The van der Waals surface area contributed by atoms with Crippen LogP contribution in [0.4, 0.5) is 5.82 Å². The summed E-state index contributed by atoms with van der Waals surface area (Å²) >= 11 is 1.61. The molecule has 1 aromatic rings. The van der Waals surface area contributed by atoms with Crippen LogP contribution in [0.1, 0.15) is 41.7 Å². The van der Waals surface area contributed by atoms with Gasteiger partial charge in [-0.3, -0.25) is 14.5 Å². The minimum atomic E-state index is -0.570. The molecule has 3 rings (SSSR count). The average molecular weight is 349 g/mol. The van der Waals surface area contributed by atoms with Crippen molar-refractivity contribution < 1.29 is 14.3 Å². The number of anilines is 1. The third-order valence-corrected chi connectivity index (χ3v) is 5.45. The average Bonchev–Trinajstić information content (AvgIpc) is 2.61. The van der Waals surface area contributed by atoms with Gasteiger partial charge in [-0.25, -0.2) is 4.98 Å². The topological polar surface area (TPSA) is 85.5 Å². The third kappa shape index (κ3) is 4.08. The monoisotopic (exact) mass is 349 g/mol. The highest BCUT2D eigenvalue weighted by Crippen LogP contribution is 2.26. The molecule has 1 unspecified atom stereocenters. The van der Waals surface area contributed by atoms with E-state index in [4.69, 9.17) is 10.5 Å². The Bertz CT molecular complexity index is 617. The molecule has 1 atom stereocenters. The van der Waals surface area contributed by atoms with Gasteiger partial charge in [-0.05, 0) is 43.7 Å². The number of nitrogens with two attached hydrogens (primary N) is 1. The van der Waals surface area contributed by atoms with Crippen LogP contribution in [0, 0.1) is 0 Å². The van der Waals surface area contributed by atoms with E-state index in [1.165, 1.54) is 6.42 Å². The van der Waals surface area contributed by atoms with Crippen molar-refractivity contribution in [3.8, 4) is 0 Å².